The van der Waals surface area contributed by atoms with Crippen molar-refractivity contribution >= 4 is 21.8 Å². The van der Waals surface area contributed by atoms with Gasteiger partial charge in [0.1, 0.15) is 0 Å². The lowest BCUT2D eigenvalue weighted by Gasteiger charge is -2.28. The number of carbonyl (C=O) groups is 1. The van der Waals surface area contributed by atoms with Crippen molar-refractivity contribution < 1.29 is 9.53 Å². The lowest BCUT2D eigenvalue weighted by atomic mass is 10.2. The molecule has 0 aromatic heterocycles. The van der Waals surface area contributed by atoms with Gasteiger partial charge in [-0.15, -0.1) is 0 Å². The molecule has 0 N–H and O–H groups in total. The van der Waals surface area contributed by atoms with Crippen LogP contribution in [0.5, 0.6) is 0 Å². The smallest absolute Gasteiger partial charge is 0.222 e. The second-order valence-corrected chi connectivity index (χ2v) is 5.17. The zero-order chi connectivity index (χ0) is 11.4. The van der Waals surface area contributed by atoms with Crippen molar-refractivity contribution in [2.45, 2.75) is 6.42 Å². The Morgan fingerprint density at radius 2 is 2.06 bits per heavy atom. The number of rotatable bonds is 4. The topological polar surface area (TPSA) is 32.8 Å². The Morgan fingerprint density at radius 1 is 1.31 bits per heavy atom. The molecule has 0 saturated carbocycles. The zero-order valence-corrected chi connectivity index (χ0v) is 11.1. The molecule has 0 aromatic rings. The minimum absolute atomic E-state index is 0.317. The van der Waals surface area contributed by atoms with Gasteiger partial charge in [-0.05, 0) is 5.92 Å². The maximum Gasteiger partial charge on any atom is 0.222 e. The number of hydrogen-bond acceptors (Lipinski definition) is 3. The minimum atomic E-state index is 0.317. The van der Waals surface area contributed by atoms with Gasteiger partial charge >= 0.3 is 0 Å². The molecule has 0 aliphatic carbocycles. The molecule has 92 valence electrons. The van der Waals surface area contributed by atoms with E-state index in [0.717, 1.165) is 51.3 Å². The molecule has 5 heteroatoms. The first kappa shape index (κ1) is 12.3. The SMILES string of the molecule is O=C1CC(CBr)CN1CCN1CCOCC1. The summed E-state index contributed by atoms with van der Waals surface area (Å²) in [6, 6.07) is 0. The Hall–Kier alpha value is -0.130. The van der Waals surface area contributed by atoms with Crippen molar-refractivity contribution in [3.63, 3.8) is 0 Å². The molecule has 2 aliphatic rings. The van der Waals surface area contributed by atoms with E-state index >= 15 is 0 Å². The number of ether oxygens (including phenoxy) is 1. The largest absolute Gasteiger partial charge is 0.379 e. The molecule has 16 heavy (non-hydrogen) atoms. The van der Waals surface area contributed by atoms with Crippen LogP contribution >= 0.6 is 15.9 Å². The molecule has 2 rings (SSSR count). The van der Waals surface area contributed by atoms with E-state index in [0.29, 0.717) is 18.2 Å². The number of carbonyl (C=O) groups excluding carboxylic acids is 1. The number of amides is 1. The van der Waals surface area contributed by atoms with Gasteiger partial charge < -0.3 is 9.64 Å². The fraction of sp³-hybridized carbons (Fsp3) is 0.909. The van der Waals surface area contributed by atoms with Crippen LogP contribution in [0.25, 0.3) is 0 Å². The summed E-state index contributed by atoms with van der Waals surface area (Å²) < 4.78 is 5.30. The third kappa shape index (κ3) is 3.18. The third-order valence-corrected chi connectivity index (χ3v) is 4.22. The van der Waals surface area contributed by atoms with Crippen LogP contribution in [0.1, 0.15) is 6.42 Å². The van der Waals surface area contributed by atoms with Crippen LogP contribution in [0.15, 0.2) is 0 Å². The van der Waals surface area contributed by atoms with Gasteiger partial charge in [0.05, 0.1) is 13.2 Å². The molecule has 2 saturated heterocycles. The van der Waals surface area contributed by atoms with Gasteiger partial charge in [0.25, 0.3) is 0 Å². The second-order valence-electron chi connectivity index (χ2n) is 4.52. The normalized spacial score (nSPS) is 27.7. The number of alkyl halides is 1. The molecule has 4 nitrogen and oxygen atoms in total. The Kier molecular flexibility index (Phi) is 4.61. The van der Waals surface area contributed by atoms with Crippen LogP contribution in [0.4, 0.5) is 0 Å². The van der Waals surface area contributed by atoms with Crippen molar-refractivity contribution in [1.29, 1.82) is 0 Å². The summed E-state index contributed by atoms with van der Waals surface area (Å²) in [7, 11) is 0. The summed E-state index contributed by atoms with van der Waals surface area (Å²) in [6.07, 6.45) is 0.717. The average Bonchev–Trinajstić information content (AvgIpc) is 2.69. The summed E-state index contributed by atoms with van der Waals surface area (Å²) in [6.45, 7) is 6.46. The highest BCUT2D eigenvalue weighted by atomic mass is 79.9. The number of hydrogen-bond donors (Lipinski definition) is 0. The number of likely N-dealkylation sites (tertiary alicyclic amines) is 1. The molecular weight excluding hydrogens is 272 g/mol. The van der Waals surface area contributed by atoms with E-state index in [1.54, 1.807) is 0 Å². The number of morpholine rings is 1. The van der Waals surface area contributed by atoms with Gasteiger partial charge in [0.2, 0.25) is 5.91 Å². The molecule has 0 aromatic carbocycles. The van der Waals surface area contributed by atoms with Crippen molar-refractivity contribution in [2.24, 2.45) is 5.92 Å². The van der Waals surface area contributed by atoms with E-state index < -0.39 is 0 Å². The Labute approximate surface area is 105 Å². The highest BCUT2D eigenvalue weighted by Gasteiger charge is 2.28. The minimum Gasteiger partial charge on any atom is -0.379 e. The molecule has 2 fully saturated rings. The molecule has 0 bridgehead atoms. The zero-order valence-electron chi connectivity index (χ0n) is 9.53. The summed E-state index contributed by atoms with van der Waals surface area (Å²) in [5, 5.41) is 0.937. The van der Waals surface area contributed by atoms with Crippen molar-refractivity contribution in [1.82, 2.24) is 9.80 Å². The Balaban J connectivity index is 1.71. The fourth-order valence-electron chi connectivity index (χ4n) is 2.26. The maximum atomic E-state index is 11.7. The van der Waals surface area contributed by atoms with Crippen LogP contribution in [-0.4, -0.2) is 67.0 Å². The molecule has 1 atom stereocenters. The molecule has 0 spiro atoms. The quantitative estimate of drug-likeness (QED) is 0.710. The molecule has 1 amide bonds. The van der Waals surface area contributed by atoms with E-state index in [1.807, 2.05) is 4.90 Å². The third-order valence-electron chi connectivity index (χ3n) is 3.30. The summed E-state index contributed by atoms with van der Waals surface area (Å²) in [5.74, 6) is 0.829. The van der Waals surface area contributed by atoms with Crippen molar-refractivity contribution in [3.05, 3.63) is 0 Å². The second kappa shape index (κ2) is 5.98. The van der Waals surface area contributed by atoms with Gasteiger partial charge in [0.15, 0.2) is 0 Å². The molecule has 2 heterocycles. The standard InChI is InChI=1S/C11H19BrN2O2/c12-8-10-7-11(15)14(9-10)2-1-13-3-5-16-6-4-13/h10H,1-9H2. The van der Waals surface area contributed by atoms with Crippen molar-refractivity contribution in [3.8, 4) is 0 Å². The predicted molar refractivity (Wildman–Crippen MR) is 65.7 cm³/mol. The van der Waals surface area contributed by atoms with Crippen LogP contribution < -0.4 is 0 Å². The first-order valence-corrected chi connectivity index (χ1v) is 7.05. The predicted octanol–water partition coefficient (Wildman–Crippen LogP) is 0.562. The first-order chi connectivity index (χ1) is 7.79. The van der Waals surface area contributed by atoms with Crippen molar-refractivity contribution in [2.75, 3.05) is 51.3 Å². The van der Waals surface area contributed by atoms with Gasteiger partial charge in [0, 0.05) is 44.5 Å². The Bertz CT molecular complexity index is 244. The summed E-state index contributed by atoms with van der Waals surface area (Å²) in [4.78, 5) is 16.1. The van der Waals surface area contributed by atoms with Gasteiger partial charge in [-0.2, -0.15) is 0 Å². The molecule has 2 aliphatic heterocycles. The summed E-state index contributed by atoms with van der Waals surface area (Å²) in [5.41, 5.74) is 0. The highest BCUT2D eigenvalue weighted by Crippen LogP contribution is 2.19. The van der Waals surface area contributed by atoms with E-state index in [2.05, 4.69) is 20.8 Å². The highest BCUT2D eigenvalue weighted by molar-refractivity contribution is 9.09. The van der Waals surface area contributed by atoms with Gasteiger partial charge in [-0.3, -0.25) is 9.69 Å². The van der Waals surface area contributed by atoms with Gasteiger partial charge in [-0.1, -0.05) is 15.9 Å². The number of nitrogens with zero attached hydrogens (tertiary/aromatic N) is 2. The lowest BCUT2D eigenvalue weighted by Crippen LogP contribution is -2.41. The maximum absolute atomic E-state index is 11.7. The fourth-order valence-corrected chi connectivity index (χ4v) is 2.69. The van der Waals surface area contributed by atoms with Crippen LogP contribution in [-0.2, 0) is 9.53 Å². The summed E-state index contributed by atoms with van der Waals surface area (Å²) >= 11 is 3.45. The van der Waals surface area contributed by atoms with Gasteiger partial charge in [-0.25, -0.2) is 0 Å². The molecular formula is C11H19BrN2O2. The average molecular weight is 291 g/mol. The molecule has 0 radical (unpaired) electrons. The van der Waals surface area contributed by atoms with Crippen LogP contribution in [0, 0.1) is 5.92 Å². The lowest BCUT2D eigenvalue weighted by molar-refractivity contribution is -0.128. The van der Waals surface area contributed by atoms with E-state index in [9.17, 15) is 4.79 Å². The van der Waals surface area contributed by atoms with E-state index in [1.165, 1.54) is 0 Å². The molecule has 1 unspecified atom stereocenters. The van der Waals surface area contributed by atoms with E-state index in [4.69, 9.17) is 4.74 Å². The first-order valence-electron chi connectivity index (χ1n) is 5.93. The Morgan fingerprint density at radius 3 is 2.69 bits per heavy atom. The van der Waals surface area contributed by atoms with Crippen LogP contribution in [0.3, 0.4) is 0 Å². The van der Waals surface area contributed by atoms with Crippen LogP contribution in [0.2, 0.25) is 0 Å². The van der Waals surface area contributed by atoms with E-state index in [-0.39, 0.29) is 0 Å². The number of halogens is 1. The monoisotopic (exact) mass is 290 g/mol.